The van der Waals surface area contributed by atoms with E-state index in [2.05, 4.69) is 27.5 Å². The van der Waals surface area contributed by atoms with Gasteiger partial charge in [0.2, 0.25) is 0 Å². The van der Waals surface area contributed by atoms with Crippen molar-refractivity contribution in [3.05, 3.63) is 0 Å². The van der Waals surface area contributed by atoms with Gasteiger partial charge in [0.15, 0.2) is 0 Å². The molecule has 1 aromatic heterocycles. The van der Waals surface area contributed by atoms with E-state index in [0.717, 1.165) is 19.0 Å². The van der Waals surface area contributed by atoms with Crippen LogP contribution in [0.25, 0.3) is 0 Å². The Hall–Kier alpha value is -0.290. The molecule has 0 radical (unpaired) electrons. The highest BCUT2D eigenvalue weighted by Gasteiger charge is 2.11. The lowest BCUT2D eigenvalue weighted by Crippen LogP contribution is -2.22. The van der Waals surface area contributed by atoms with Crippen molar-refractivity contribution >= 4 is 27.0 Å². The first kappa shape index (κ1) is 7.81. The highest BCUT2D eigenvalue weighted by molar-refractivity contribution is 7.64. The summed E-state index contributed by atoms with van der Waals surface area (Å²) in [6.45, 7) is 6.18. The van der Waals surface area contributed by atoms with Crippen LogP contribution in [0.5, 0.6) is 0 Å². The predicted octanol–water partition coefficient (Wildman–Crippen LogP) is 1.73. The molecule has 0 saturated heterocycles. The van der Waals surface area contributed by atoms with Gasteiger partial charge in [-0.05, 0) is 13.8 Å². The Balaban J connectivity index is 2.64. The Morgan fingerprint density at radius 1 is 1.50 bits per heavy atom. The third kappa shape index (κ3) is 1.60. The molecule has 1 heterocycles. The van der Waals surface area contributed by atoms with Crippen molar-refractivity contribution in [3.63, 3.8) is 0 Å². The van der Waals surface area contributed by atoms with Crippen molar-refractivity contribution in [2.24, 2.45) is 0 Å². The van der Waals surface area contributed by atoms with Crippen LogP contribution >= 0.6 is 21.1 Å². The van der Waals surface area contributed by atoms with Crippen molar-refractivity contribution in [1.29, 1.82) is 0 Å². The SMILES string of the molecule is CCN(CC)c1ns[s+]n1. The van der Waals surface area contributed by atoms with Crippen molar-refractivity contribution in [2.75, 3.05) is 18.0 Å². The molecular weight excluding hydrogens is 166 g/mol. The lowest BCUT2D eigenvalue weighted by Gasteiger charge is -2.12. The summed E-state index contributed by atoms with van der Waals surface area (Å²) in [7, 11) is 2.88. The first-order chi connectivity index (χ1) is 4.88. The second kappa shape index (κ2) is 3.78. The third-order valence-electron chi connectivity index (χ3n) is 1.32. The summed E-state index contributed by atoms with van der Waals surface area (Å²) in [5.41, 5.74) is 0. The molecule has 0 fully saturated rings. The topological polar surface area (TPSA) is 29.0 Å². The van der Waals surface area contributed by atoms with Crippen LogP contribution in [-0.4, -0.2) is 21.8 Å². The molecule has 0 amide bonds. The van der Waals surface area contributed by atoms with Gasteiger partial charge in [-0.2, -0.15) is 0 Å². The van der Waals surface area contributed by atoms with Gasteiger partial charge in [0.05, 0.1) is 4.37 Å². The molecule has 0 atom stereocenters. The van der Waals surface area contributed by atoms with E-state index in [1.807, 2.05) is 0 Å². The minimum absolute atomic E-state index is 0.875. The van der Waals surface area contributed by atoms with E-state index < -0.39 is 0 Å². The zero-order valence-corrected chi connectivity index (χ0v) is 7.71. The Kier molecular flexibility index (Phi) is 2.95. The van der Waals surface area contributed by atoms with Crippen LogP contribution in [-0.2, 0) is 0 Å². The maximum absolute atomic E-state index is 4.13. The Bertz CT molecular complexity index is 171. The zero-order valence-electron chi connectivity index (χ0n) is 6.07. The molecule has 0 aliphatic carbocycles. The molecule has 0 saturated carbocycles. The molecule has 5 heteroatoms. The number of hydrogen-bond acceptors (Lipinski definition) is 4. The van der Waals surface area contributed by atoms with Crippen LogP contribution < -0.4 is 4.90 Å². The quantitative estimate of drug-likeness (QED) is 0.519. The van der Waals surface area contributed by atoms with Crippen molar-refractivity contribution < 1.29 is 0 Å². The standard InChI is InChI=1S/C5H10N3S2/c1-3-8(4-2)5-6-9-10-7-5/h3-4H2,1-2H3/q+1. The largest absolute Gasteiger partial charge is 0.464 e. The molecule has 1 aromatic rings. The van der Waals surface area contributed by atoms with E-state index in [1.54, 1.807) is 0 Å². The summed E-state index contributed by atoms with van der Waals surface area (Å²) < 4.78 is 8.27. The lowest BCUT2D eigenvalue weighted by atomic mass is 10.5. The molecule has 0 bridgehead atoms. The molecule has 1 rings (SSSR count). The predicted molar refractivity (Wildman–Crippen MR) is 45.8 cm³/mol. The fraction of sp³-hybridized carbons (Fsp3) is 0.800. The highest BCUT2D eigenvalue weighted by Crippen LogP contribution is 2.11. The van der Waals surface area contributed by atoms with Crippen LogP contribution in [0.15, 0.2) is 0 Å². The smallest absolute Gasteiger partial charge is 0.336 e. The molecule has 0 aromatic carbocycles. The van der Waals surface area contributed by atoms with Crippen molar-refractivity contribution in [3.8, 4) is 0 Å². The molecular formula is C5H10N3S2+. The normalized spacial score (nSPS) is 9.80. The van der Waals surface area contributed by atoms with Crippen LogP contribution in [0, 0.1) is 0 Å². The van der Waals surface area contributed by atoms with Crippen molar-refractivity contribution in [2.45, 2.75) is 13.8 Å². The van der Waals surface area contributed by atoms with Crippen LogP contribution in [0.1, 0.15) is 13.8 Å². The molecule has 0 aliphatic rings. The number of aromatic nitrogens is 2. The Labute approximate surface area is 68.0 Å². The van der Waals surface area contributed by atoms with Crippen molar-refractivity contribution in [1.82, 2.24) is 8.75 Å². The lowest BCUT2D eigenvalue weighted by molar-refractivity contribution is 0.839. The minimum Gasteiger partial charge on any atom is -0.336 e. The summed E-state index contributed by atoms with van der Waals surface area (Å²) >= 11 is 0. The van der Waals surface area contributed by atoms with Gasteiger partial charge >= 0.3 is 27.0 Å². The summed E-state index contributed by atoms with van der Waals surface area (Å²) in [4.78, 5) is 2.13. The first-order valence-electron chi connectivity index (χ1n) is 3.25. The number of anilines is 1. The Morgan fingerprint density at radius 2 is 2.20 bits per heavy atom. The van der Waals surface area contributed by atoms with Gasteiger partial charge in [-0.25, -0.2) is 0 Å². The average molecular weight is 176 g/mol. The van der Waals surface area contributed by atoms with Gasteiger partial charge in [0.25, 0.3) is 0 Å². The Morgan fingerprint density at radius 3 is 2.60 bits per heavy atom. The molecule has 3 nitrogen and oxygen atoms in total. The highest BCUT2D eigenvalue weighted by atomic mass is 32.9. The molecule has 0 spiro atoms. The van der Waals surface area contributed by atoms with Gasteiger partial charge in [-0.1, -0.05) is 4.37 Å². The van der Waals surface area contributed by atoms with E-state index in [4.69, 9.17) is 0 Å². The van der Waals surface area contributed by atoms with Gasteiger partial charge in [-0.15, -0.1) is 0 Å². The molecule has 56 valence electrons. The molecule has 0 aliphatic heterocycles. The number of hydrogen-bond donors (Lipinski definition) is 0. The summed E-state index contributed by atoms with van der Waals surface area (Å²) in [6, 6.07) is 0. The van der Waals surface area contributed by atoms with Gasteiger partial charge in [-0.3, -0.25) is 0 Å². The first-order valence-corrected chi connectivity index (χ1v) is 5.31. The third-order valence-corrected chi connectivity index (χ3v) is 2.51. The minimum atomic E-state index is 0.875. The fourth-order valence-electron chi connectivity index (χ4n) is 0.739. The van der Waals surface area contributed by atoms with Crippen LogP contribution in [0.4, 0.5) is 5.95 Å². The molecule has 10 heavy (non-hydrogen) atoms. The molecule has 0 unspecified atom stereocenters. The average Bonchev–Trinajstić information content (AvgIpc) is 2.43. The summed E-state index contributed by atoms with van der Waals surface area (Å²) in [5, 5.41) is 0. The second-order valence-corrected chi connectivity index (χ2v) is 3.36. The van der Waals surface area contributed by atoms with Crippen LogP contribution in [0.3, 0.4) is 0 Å². The van der Waals surface area contributed by atoms with Gasteiger partial charge < -0.3 is 4.90 Å². The number of rotatable bonds is 3. The van der Waals surface area contributed by atoms with E-state index in [0.29, 0.717) is 0 Å². The number of nitrogens with zero attached hydrogens (tertiary/aromatic N) is 3. The maximum Gasteiger partial charge on any atom is 0.464 e. The van der Waals surface area contributed by atoms with E-state index in [-0.39, 0.29) is 0 Å². The summed E-state index contributed by atoms with van der Waals surface area (Å²) in [5.74, 6) is 0.875. The van der Waals surface area contributed by atoms with E-state index >= 15 is 0 Å². The maximum atomic E-state index is 4.13. The monoisotopic (exact) mass is 176 g/mol. The molecule has 0 N–H and O–H groups in total. The zero-order chi connectivity index (χ0) is 7.40. The van der Waals surface area contributed by atoms with E-state index in [1.165, 1.54) is 21.1 Å². The van der Waals surface area contributed by atoms with Gasteiger partial charge in [0, 0.05) is 13.1 Å². The second-order valence-electron chi connectivity index (χ2n) is 1.80. The summed E-state index contributed by atoms with van der Waals surface area (Å²) in [6.07, 6.45) is 0. The fourth-order valence-corrected chi connectivity index (χ4v) is 1.90. The van der Waals surface area contributed by atoms with E-state index in [9.17, 15) is 0 Å². The van der Waals surface area contributed by atoms with Gasteiger partial charge in [0.1, 0.15) is 0 Å². The van der Waals surface area contributed by atoms with Crippen LogP contribution in [0.2, 0.25) is 0 Å².